The third-order valence-electron chi connectivity index (χ3n) is 0.877. The van der Waals surface area contributed by atoms with Gasteiger partial charge in [0.15, 0.2) is 0 Å². The molecule has 0 atom stereocenters. The van der Waals surface area contributed by atoms with Crippen LogP contribution >= 0.6 is 0 Å². The van der Waals surface area contributed by atoms with E-state index in [2.05, 4.69) is 5.32 Å². The quantitative estimate of drug-likeness (QED) is 0.330. The number of hydrogen-bond acceptors (Lipinski definition) is 4. The lowest BCUT2D eigenvalue weighted by molar-refractivity contribution is 0.0563. The van der Waals surface area contributed by atoms with E-state index in [0.29, 0.717) is 6.26 Å². The number of ether oxygens (including phenoxy) is 1. The summed E-state index contributed by atoms with van der Waals surface area (Å²) < 4.78 is 4.85. The lowest BCUT2D eigenvalue weighted by atomic mass is 10.2. The summed E-state index contributed by atoms with van der Waals surface area (Å²) in [5.41, 5.74) is -0.590. The molecule has 0 fully saturated rings. The zero-order valence-electron chi connectivity index (χ0n) is 7.92. The van der Waals surface area contributed by atoms with Crippen LogP contribution in [0.2, 0.25) is 0 Å². The van der Waals surface area contributed by atoms with E-state index < -0.39 is 11.7 Å². The summed E-state index contributed by atoms with van der Waals surface area (Å²) in [4.78, 5) is 11.0. The van der Waals surface area contributed by atoms with E-state index in [0.717, 1.165) is 6.08 Å². The minimum atomic E-state index is -0.712. The molecule has 3 N–H and O–H groups in total. The Morgan fingerprint density at radius 1 is 1.54 bits per heavy atom. The number of nitrogens with one attached hydrogen (secondary N) is 2. The highest BCUT2D eigenvalue weighted by Gasteiger charge is 2.16. The van der Waals surface area contributed by atoms with Crippen molar-refractivity contribution in [3.05, 3.63) is 12.3 Å². The summed E-state index contributed by atoms with van der Waals surface area (Å²) in [6, 6.07) is 0. The van der Waals surface area contributed by atoms with Crippen LogP contribution in [0.15, 0.2) is 12.3 Å². The maximum Gasteiger partial charge on any atom is 0.413 e. The smallest absolute Gasteiger partial charge is 0.413 e. The minimum absolute atomic E-state index is 0.225. The molecular weight excluding hydrogens is 172 g/mol. The van der Waals surface area contributed by atoms with Crippen LogP contribution in [0.3, 0.4) is 0 Å². The van der Waals surface area contributed by atoms with E-state index in [9.17, 15) is 4.79 Å². The van der Waals surface area contributed by atoms with Gasteiger partial charge in [0, 0.05) is 6.08 Å². The number of aliphatic hydroxyl groups excluding tert-OH is 1. The monoisotopic (exact) mass is 186 g/mol. The van der Waals surface area contributed by atoms with Crippen LogP contribution in [0.4, 0.5) is 4.79 Å². The molecule has 74 valence electrons. The molecule has 0 saturated carbocycles. The lowest BCUT2D eigenvalue weighted by Crippen LogP contribution is -2.35. The Balaban J connectivity index is 3.96. The molecule has 0 rings (SSSR count). The SMILES string of the molecule is CC(C)(C)OC(=O)NC(=N)/C=C\O. The van der Waals surface area contributed by atoms with Crippen LogP contribution in [0.5, 0.6) is 0 Å². The van der Waals surface area contributed by atoms with Crippen molar-refractivity contribution >= 4 is 11.9 Å². The molecule has 0 aromatic heterocycles. The number of carbonyl (C=O) groups excluding carboxylic acids is 1. The van der Waals surface area contributed by atoms with Crippen molar-refractivity contribution in [3.63, 3.8) is 0 Å². The fraction of sp³-hybridized carbons (Fsp3) is 0.500. The van der Waals surface area contributed by atoms with Gasteiger partial charge < -0.3 is 9.84 Å². The first kappa shape index (κ1) is 11.5. The van der Waals surface area contributed by atoms with Crippen LogP contribution in [0.25, 0.3) is 0 Å². The van der Waals surface area contributed by atoms with E-state index in [4.69, 9.17) is 15.3 Å². The molecule has 5 nitrogen and oxygen atoms in total. The topological polar surface area (TPSA) is 82.4 Å². The molecule has 0 spiro atoms. The Kier molecular flexibility index (Phi) is 3.97. The first-order valence-electron chi connectivity index (χ1n) is 3.74. The van der Waals surface area contributed by atoms with Crippen molar-refractivity contribution in [3.8, 4) is 0 Å². The van der Waals surface area contributed by atoms with Crippen LogP contribution < -0.4 is 5.32 Å². The maximum atomic E-state index is 11.0. The van der Waals surface area contributed by atoms with Gasteiger partial charge in [0.2, 0.25) is 0 Å². The maximum absolute atomic E-state index is 11.0. The standard InChI is InChI=1S/C8H14N2O3/c1-8(2,3)13-7(12)10-6(9)4-5-11/h4-5,11H,1-3H3,(H2,9,10,12)/b5-4-. The number of alkyl carbamates (subject to hydrolysis) is 1. The Bertz CT molecular complexity index is 228. The van der Waals surface area contributed by atoms with Gasteiger partial charge in [0.1, 0.15) is 11.4 Å². The van der Waals surface area contributed by atoms with Gasteiger partial charge in [-0.2, -0.15) is 0 Å². The van der Waals surface area contributed by atoms with Gasteiger partial charge >= 0.3 is 6.09 Å². The highest BCUT2D eigenvalue weighted by Crippen LogP contribution is 2.06. The third kappa shape index (κ3) is 6.86. The highest BCUT2D eigenvalue weighted by molar-refractivity contribution is 6.00. The predicted molar refractivity (Wildman–Crippen MR) is 48.9 cm³/mol. The summed E-state index contributed by atoms with van der Waals surface area (Å²) in [5, 5.41) is 17.4. The molecule has 0 aromatic carbocycles. The average Bonchev–Trinajstić information content (AvgIpc) is 1.81. The summed E-state index contributed by atoms with van der Waals surface area (Å²) in [7, 11) is 0. The minimum Gasteiger partial charge on any atom is -0.515 e. The normalized spacial score (nSPS) is 11.3. The molecular formula is C8H14N2O3. The average molecular weight is 186 g/mol. The van der Waals surface area contributed by atoms with Crippen molar-refractivity contribution in [1.29, 1.82) is 5.41 Å². The fourth-order valence-corrected chi connectivity index (χ4v) is 0.530. The van der Waals surface area contributed by atoms with E-state index in [1.807, 2.05) is 0 Å². The first-order valence-corrected chi connectivity index (χ1v) is 3.74. The molecule has 0 saturated heterocycles. The molecule has 0 aliphatic heterocycles. The second-order valence-corrected chi connectivity index (χ2v) is 3.36. The Labute approximate surface area is 76.9 Å². The van der Waals surface area contributed by atoms with Gasteiger partial charge in [-0.1, -0.05) is 0 Å². The molecule has 0 unspecified atom stereocenters. The molecule has 5 heteroatoms. The number of aliphatic hydroxyl groups is 1. The van der Waals surface area contributed by atoms with E-state index >= 15 is 0 Å². The predicted octanol–water partition coefficient (Wildman–Crippen LogP) is 1.56. The van der Waals surface area contributed by atoms with Crippen molar-refractivity contribution in [2.45, 2.75) is 26.4 Å². The fourth-order valence-electron chi connectivity index (χ4n) is 0.530. The largest absolute Gasteiger partial charge is 0.515 e. The van der Waals surface area contributed by atoms with Crippen molar-refractivity contribution in [1.82, 2.24) is 5.32 Å². The summed E-state index contributed by atoms with van der Waals surface area (Å²) in [6.45, 7) is 5.16. The van der Waals surface area contributed by atoms with Gasteiger partial charge in [-0.25, -0.2) is 4.79 Å². The van der Waals surface area contributed by atoms with Crippen LogP contribution in [-0.2, 0) is 4.74 Å². The molecule has 13 heavy (non-hydrogen) atoms. The van der Waals surface area contributed by atoms with Gasteiger partial charge in [-0.3, -0.25) is 10.7 Å². The molecule has 0 aliphatic carbocycles. The van der Waals surface area contributed by atoms with E-state index in [-0.39, 0.29) is 5.84 Å². The number of carbonyl (C=O) groups is 1. The van der Waals surface area contributed by atoms with E-state index in [1.54, 1.807) is 20.8 Å². The second-order valence-electron chi connectivity index (χ2n) is 3.36. The van der Waals surface area contributed by atoms with Gasteiger partial charge in [-0.05, 0) is 20.8 Å². The van der Waals surface area contributed by atoms with E-state index in [1.165, 1.54) is 0 Å². The molecule has 0 bridgehead atoms. The Morgan fingerprint density at radius 2 is 2.08 bits per heavy atom. The van der Waals surface area contributed by atoms with Crippen LogP contribution in [0.1, 0.15) is 20.8 Å². The first-order chi connectivity index (χ1) is 5.85. The molecule has 0 aromatic rings. The van der Waals surface area contributed by atoms with Crippen LogP contribution in [-0.4, -0.2) is 22.6 Å². The van der Waals surface area contributed by atoms with Crippen molar-refractivity contribution < 1.29 is 14.6 Å². The molecule has 0 aliphatic rings. The second kappa shape index (κ2) is 4.49. The van der Waals surface area contributed by atoms with Crippen molar-refractivity contribution in [2.24, 2.45) is 0 Å². The number of amides is 1. The highest BCUT2D eigenvalue weighted by atomic mass is 16.6. The molecule has 0 heterocycles. The molecule has 0 radical (unpaired) electrons. The van der Waals surface area contributed by atoms with Gasteiger partial charge in [-0.15, -0.1) is 0 Å². The zero-order valence-corrected chi connectivity index (χ0v) is 7.92. The summed E-state index contributed by atoms with van der Waals surface area (Å²) >= 11 is 0. The zero-order chi connectivity index (χ0) is 10.5. The number of amidine groups is 1. The number of hydrogen-bond donors (Lipinski definition) is 3. The van der Waals surface area contributed by atoms with Crippen LogP contribution in [0, 0.1) is 5.41 Å². The summed E-state index contributed by atoms with van der Waals surface area (Å²) in [6.07, 6.45) is 0.986. The molecule has 1 amide bonds. The van der Waals surface area contributed by atoms with Gasteiger partial charge in [0.25, 0.3) is 0 Å². The Hall–Kier alpha value is -1.52. The van der Waals surface area contributed by atoms with Gasteiger partial charge in [0.05, 0.1) is 6.26 Å². The third-order valence-corrected chi connectivity index (χ3v) is 0.877. The van der Waals surface area contributed by atoms with Crippen molar-refractivity contribution in [2.75, 3.05) is 0 Å². The number of rotatable bonds is 1. The lowest BCUT2D eigenvalue weighted by Gasteiger charge is -2.19. The Morgan fingerprint density at radius 3 is 2.46 bits per heavy atom. The summed E-state index contributed by atoms with van der Waals surface area (Å²) in [5.74, 6) is -0.225.